The van der Waals surface area contributed by atoms with E-state index in [4.69, 9.17) is 5.73 Å². The van der Waals surface area contributed by atoms with Gasteiger partial charge in [0.1, 0.15) is 0 Å². The first kappa shape index (κ1) is 16.2. The molecule has 2 rings (SSSR count). The molecule has 5 nitrogen and oxygen atoms in total. The molecule has 0 aliphatic heterocycles. The summed E-state index contributed by atoms with van der Waals surface area (Å²) in [5.41, 5.74) is 8.11. The average molecular weight is 300 g/mol. The highest BCUT2D eigenvalue weighted by Gasteiger charge is 2.17. The highest BCUT2D eigenvalue weighted by molar-refractivity contribution is 5.95. The number of benzene rings is 1. The molecule has 118 valence electrons. The highest BCUT2D eigenvalue weighted by Crippen LogP contribution is 2.14. The molecule has 1 amide bonds. The van der Waals surface area contributed by atoms with Crippen LogP contribution in [-0.4, -0.2) is 28.3 Å². The number of carbonyl (C=O) groups is 1. The van der Waals surface area contributed by atoms with E-state index in [1.165, 1.54) is 0 Å². The van der Waals surface area contributed by atoms with Gasteiger partial charge >= 0.3 is 0 Å². The molecule has 0 radical (unpaired) electrons. The van der Waals surface area contributed by atoms with Crippen molar-refractivity contribution in [1.29, 1.82) is 0 Å². The lowest BCUT2D eigenvalue weighted by Gasteiger charge is -2.16. The van der Waals surface area contributed by atoms with Crippen LogP contribution in [0.2, 0.25) is 0 Å². The molecule has 1 atom stereocenters. The first-order chi connectivity index (χ1) is 10.7. The summed E-state index contributed by atoms with van der Waals surface area (Å²) >= 11 is 0. The van der Waals surface area contributed by atoms with E-state index >= 15 is 0 Å². The van der Waals surface area contributed by atoms with E-state index in [1.807, 2.05) is 37.3 Å². The van der Waals surface area contributed by atoms with E-state index < -0.39 is 0 Å². The van der Waals surface area contributed by atoms with Gasteiger partial charge in [-0.15, -0.1) is 0 Å². The van der Waals surface area contributed by atoms with Crippen LogP contribution in [0.4, 0.5) is 0 Å². The van der Waals surface area contributed by atoms with E-state index in [2.05, 4.69) is 17.3 Å². The minimum absolute atomic E-state index is 0.0203. The van der Waals surface area contributed by atoms with Gasteiger partial charge in [-0.25, -0.2) is 4.68 Å². The van der Waals surface area contributed by atoms with Gasteiger partial charge in [0, 0.05) is 12.6 Å². The standard InChI is InChI=1S/C17H24N4O/c1-3-4-8-14(11-18)20-17(22)16-12-19-21(13(16)2)15-9-6-5-7-10-15/h5-7,9-10,12,14H,3-4,8,11,18H2,1-2H3,(H,20,22). The van der Waals surface area contributed by atoms with Crippen molar-refractivity contribution >= 4 is 5.91 Å². The van der Waals surface area contributed by atoms with Crippen LogP contribution in [0.5, 0.6) is 0 Å². The quantitative estimate of drug-likeness (QED) is 0.825. The van der Waals surface area contributed by atoms with Crippen LogP contribution in [0.3, 0.4) is 0 Å². The summed E-state index contributed by atoms with van der Waals surface area (Å²) in [6.45, 7) is 4.49. The van der Waals surface area contributed by atoms with Gasteiger partial charge in [0.05, 0.1) is 23.1 Å². The van der Waals surface area contributed by atoms with E-state index in [-0.39, 0.29) is 11.9 Å². The van der Waals surface area contributed by atoms with Gasteiger partial charge in [-0.3, -0.25) is 4.79 Å². The zero-order valence-electron chi connectivity index (χ0n) is 13.2. The number of nitrogens with one attached hydrogen (secondary N) is 1. The Hall–Kier alpha value is -2.14. The number of hydrogen-bond acceptors (Lipinski definition) is 3. The van der Waals surface area contributed by atoms with Crippen LogP contribution < -0.4 is 11.1 Å². The molecule has 0 fully saturated rings. The van der Waals surface area contributed by atoms with E-state index in [0.29, 0.717) is 12.1 Å². The second kappa shape index (κ2) is 7.75. The van der Waals surface area contributed by atoms with Crippen molar-refractivity contribution < 1.29 is 4.79 Å². The zero-order chi connectivity index (χ0) is 15.9. The van der Waals surface area contributed by atoms with Crippen LogP contribution >= 0.6 is 0 Å². The fourth-order valence-electron chi connectivity index (χ4n) is 2.42. The number of unbranched alkanes of at least 4 members (excludes halogenated alkanes) is 1. The average Bonchev–Trinajstić information content (AvgIpc) is 2.93. The van der Waals surface area contributed by atoms with Crippen molar-refractivity contribution in [2.24, 2.45) is 5.73 Å². The Morgan fingerprint density at radius 1 is 1.36 bits per heavy atom. The first-order valence-corrected chi connectivity index (χ1v) is 7.78. The Kier molecular flexibility index (Phi) is 5.72. The second-order valence-corrected chi connectivity index (χ2v) is 5.44. The van der Waals surface area contributed by atoms with Gasteiger partial charge in [0.25, 0.3) is 5.91 Å². The van der Waals surface area contributed by atoms with Crippen LogP contribution in [-0.2, 0) is 0 Å². The monoisotopic (exact) mass is 300 g/mol. The molecular formula is C17H24N4O. The molecule has 3 N–H and O–H groups in total. The summed E-state index contributed by atoms with van der Waals surface area (Å²) in [7, 11) is 0. The Morgan fingerprint density at radius 3 is 2.73 bits per heavy atom. The molecule has 1 unspecified atom stereocenters. The van der Waals surface area contributed by atoms with Crippen LogP contribution in [0.25, 0.3) is 5.69 Å². The number of para-hydroxylation sites is 1. The van der Waals surface area contributed by atoms with Crippen molar-refractivity contribution in [3.8, 4) is 5.69 Å². The molecule has 0 saturated heterocycles. The molecule has 5 heteroatoms. The van der Waals surface area contributed by atoms with Crippen molar-refractivity contribution in [3.05, 3.63) is 47.8 Å². The van der Waals surface area contributed by atoms with Gasteiger partial charge in [0.15, 0.2) is 0 Å². The maximum atomic E-state index is 12.4. The zero-order valence-corrected chi connectivity index (χ0v) is 13.2. The normalized spacial score (nSPS) is 12.1. The number of hydrogen-bond donors (Lipinski definition) is 2. The van der Waals surface area contributed by atoms with E-state index in [0.717, 1.165) is 30.6 Å². The van der Waals surface area contributed by atoms with Crippen LogP contribution in [0.1, 0.15) is 42.2 Å². The molecule has 1 aromatic carbocycles. The summed E-state index contributed by atoms with van der Waals surface area (Å²) in [4.78, 5) is 12.4. The summed E-state index contributed by atoms with van der Waals surface area (Å²) in [6, 6.07) is 9.80. The lowest BCUT2D eigenvalue weighted by Crippen LogP contribution is -2.40. The summed E-state index contributed by atoms with van der Waals surface area (Å²) < 4.78 is 1.78. The molecular weight excluding hydrogens is 276 g/mol. The molecule has 0 aliphatic carbocycles. The number of amides is 1. The maximum Gasteiger partial charge on any atom is 0.255 e. The minimum Gasteiger partial charge on any atom is -0.348 e. The largest absolute Gasteiger partial charge is 0.348 e. The first-order valence-electron chi connectivity index (χ1n) is 7.78. The molecule has 1 aromatic heterocycles. The van der Waals surface area contributed by atoms with Crippen molar-refractivity contribution in [2.45, 2.75) is 39.2 Å². The number of rotatable bonds is 7. The van der Waals surface area contributed by atoms with Gasteiger partial charge in [0.2, 0.25) is 0 Å². The third kappa shape index (κ3) is 3.74. The van der Waals surface area contributed by atoms with Gasteiger partial charge in [-0.1, -0.05) is 38.0 Å². The topological polar surface area (TPSA) is 72.9 Å². The Morgan fingerprint density at radius 2 is 2.09 bits per heavy atom. The SMILES string of the molecule is CCCCC(CN)NC(=O)c1cnn(-c2ccccc2)c1C. The lowest BCUT2D eigenvalue weighted by molar-refractivity contribution is 0.0935. The van der Waals surface area contributed by atoms with Gasteiger partial charge in [-0.05, 0) is 25.5 Å². The van der Waals surface area contributed by atoms with Gasteiger partial charge < -0.3 is 11.1 Å². The van der Waals surface area contributed by atoms with Crippen LogP contribution in [0.15, 0.2) is 36.5 Å². The van der Waals surface area contributed by atoms with Crippen molar-refractivity contribution in [2.75, 3.05) is 6.54 Å². The number of nitrogens with two attached hydrogens (primary N) is 1. The highest BCUT2D eigenvalue weighted by atomic mass is 16.1. The number of nitrogens with zero attached hydrogens (tertiary/aromatic N) is 2. The van der Waals surface area contributed by atoms with E-state index in [1.54, 1.807) is 10.9 Å². The smallest absolute Gasteiger partial charge is 0.255 e. The van der Waals surface area contributed by atoms with E-state index in [9.17, 15) is 4.79 Å². The predicted molar refractivity (Wildman–Crippen MR) is 88.1 cm³/mol. The predicted octanol–water partition coefficient (Wildman–Crippen LogP) is 2.43. The summed E-state index contributed by atoms with van der Waals surface area (Å²) in [5, 5.41) is 7.33. The van der Waals surface area contributed by atoms with Crippen molar-refractivity contribution in [3.63, 3.8) is 0 Å². The Labute approximate surface area is 131 Å². The fourth-order valence-corrected chi connectivity index (χ4v) is 2.42. The van der Waals surface area contributed by atoms with Crippen molar-refractivity contribution in [1.82, 2.24) is 15.1 Å². The minimum atomic E-state index is -0.105. The lowest BCUT2D eigenvalue weighted by atomic mass is 10.1. The maximum absolute atomic E-state index is 12.4. The summed E-state index contributed by atoms with van der Waals surface area (Å²) in [6.07, 6.45) is 4.68. The molecule has 2 aromatic rings. The Bertz CT molecular complexity index is 606. The summed E-state index contributed by atoms with van der Waals surface area (Å²) in [5.74, 6) is -0.105. The third-order valence-electron chi connectivity index (χ3n) is 3.78. The molecule has 0 spiro atoms. The second-order valence-electron chi connectivity index (χ2n) is 5.44. The Balaban J connectivity index is 2.13. The molecule has 22 heavy (non-hydrogen) atoms. The number of aromatic nitrogens is 2. The molecule has 0 saturated carbocycles. The number of carbonyl (C=O) groups excluding carboxylic acids is 1. The van der Waals surface area contributed by atoms with Crippen LogP contribution in [0, 0.1) is 6.92 Å². The molecule has 0 aliphatic rings. The molecule has 0 bridgehead atoms. The fraction of sp³-hybridized carbons (Fsp3) is 0.412. The molecule has 1 heterocycles. The third-order valence-corrected chi connectivity index (χ3v) is 3.78. The van der Waals surface area contributed by atoms with Gasteiger partial charge in [-0.2, -0.15) is 5.10 Å².